The predicted octanol–water partition coefficient (Wildman–Crippen LogP) is 4.32. The van der Waals surface area contributed by atoms with Crippen LogP contribution in [-0.4, -0.2) is 33.0 Å². The molecule has 4 rings (SSSR count). The van der Waals surface area contributed by atoms with Gasteiger partial charge in [0, 0.05) is 19.4 Å². The summed E-state index contributed by atoms with van der Waals surface area (Å²) in [6, 6.07) is 22.8. The van der Waals surface area contributed by atoms with E-state index >= 15 is 0 Å². The normalized spacial score (nSPS) is 12.2. The van der Waals surface area contributed by atoms with Crippen molar-refractivity contribution < 1.29 is 17.9 Å². The summed E-state index contributed by atoms with van der Waals surface area (Å²) in [6.07, 6.45) is 3.35. The second-order valence-electron chi connectivity index (χ2n) is 7.83. The van der Waals surface area contributed by atoms with Gasteiger partial charge in [0.05, 0.1) is 16.6 Å². The molecule has 0 unspecified atom stereocenters. The van der Waals surface area contributed by atoms with Crippen LogP contribution in [0.15, 0.2) is 96.2 Å². The third-order valence-electron chi connectivity index (χ3n) is 5.53. The molecule has 1 aromatic heterocycles. The average molecular weight is 476 g/mol. The van der Waals surface area contributed by atoms with Gasteiger partial charge in [0.2, 0.25) is 0 Å². The van der Waals surface area contributed by atoms with Crippen LogP contribution in [0.5, 0.6) is 5.75 Å². The van der Waals surface area contributed by atoms with Crippen LogP contribution in [0.25, 0.3) is 10.8 Å². The van der Waals surface area contributed by atoms with Crippen LogP contribution >= 0.6 is 0 Å². The van der Waals surface area contributed by atoms with Crippen molar-refractivity contribution in [2.24, 2.45) is 0 Å². The van der Waals surface area contributed by atoms with Crippen LogP contribution in [0.4, 0.5) is 5.69 Å². The minimum Gasteiger partial charge on any atom is -0.484 e. The molecule has 8 heteroatoms. The summed E-state index contributed by atoms with van der Waals surface area (Å²) < 4.78 is 33.1. The lowest BCUT2D eigenvalue weighted by Gasteiger charge is -2.20. The highest BCUT2D eigenvalue weighted by Crippen LogP contribution is 2.26. The van der Waals surface area contributed by atoms with Gasteiger partial charge in [0.15, 0.2) is 6.61 Å². The first kappa shape index (κ1) is 23.3. The number of nitrogens with one attached hydrogen (secondary N) is 1. The maximum atomic E-state index is 13.1. The fraction of sp³-hybridized carbons (Fsp3) is 0.154. The Balaban J connectivity index is 1.38. The van der Waals surface area contributed by atoms with Crippen molar-refractivity contribution in [1.29, 1.82) is 0 Å². The molecule has 0 spiro atoms. The molecular weight excluding hydrogens is 450 g/mol. The van der Waals surface area contributed by atoms with E-state index in [1.807, 2.05) is 43.3 Å². The van der Waals surface area contributed by atoms with E-state index in [4.69, 9.17) is 4.74 Å². The number of nitrogens with zero attached hydrogens (tertiary/aromatic N) is 2. The van der Waals surface area contributed by atoms with Crippen LogP contribution in [0.1, 0.15) is 18.5 Å². The summed E-state index contributed by atoms with van der Waals surface area (Å²) >= 11 is 0. The maximum absolute atomic E-state index is 13.1. The van der Waals surface area contributed by atoms with Crippen molar-refractivity contribution in [3.63, 3.8) is 0 Å². The Kier molecular flexibility index (Phi) is 6.79. The van der Waals surface area contributed by atoms with Gasteiger partial charge in [-0.1, -0.05) is 30.3 Å². The molecule has 1 heterocycles. The number of aromatic nitrogens is 1. The number of carbonyl (C=O) groups excluding carboxylic acids is 1. The Hall–Kier alpha value is -3.91. The molecule has 0 aliphatic carbocycles. The Morgan fingerprint density at radius 1 is 0.971 bits per heavy atom. The number of anilines is 1. The van der Waals surface area contributed by atoms with Gasteiger partial charge < -0.3 is 10.1 Å². The summed E-state index contributed by atoms with van der Waals surface area (Å²) in [7, 11) is -2.23. The lowest BCUT2D eigenvalue weighted by atomic mass is 10.1. The second kappa shape index (κ2) is 9.93. The van der Waals surface area contributed by atoms with Crippen LogP contribution in [0, 0.1) is 0 Å². The summed E-state index contributed by atoms with van der Waals surface area (Å²) in [5.74, 6) is 0.205. The smallest absolute Gasteiger partial charge is 0.264 e. The molecular formula is C26H25N3O4S. The molecule has 1 atom stereocenters. The Labute approximate surface area is 199 Å². The molecule has 0 bridgehead atoms. The molecule has 7 nitrogen and oxygen atoms in total. The third-order valence-corrected chi connectivity index (χ3v) is 7.31. The highest BCUT2D eigenvalue weighted by molar-refractivity contribution is 7.92. The highest BCUT2D eigenvalue weighted by atomic mass is 32.2. The van der Waals surface area contributed by atoms with Gasteiger partial charge in [-0.2, -0.15) is 0 Å². The first-order valence-corrected chi connectivity index (χ1v) is 12.2. The fourth-order valence-corrected chi connectivity index (χ4v) is 4.78. The minimum absolute atomic E-state index is 0.153. The van der Waals surface area contributed by atoms with E-state index in [0.29, 0.717) is 11.4 Å². The van der Waals surface area contributed by atoms with Gasteiger partial charge >= 0.3 is 0 Å². The van der Waals surface area contributed by atoms with E-state index < -0.39 is 10.0 Å². The number of amides is 1. The number of hydrogen-bond donors (Lipinski definition) is 1. The number of benzene rings is 3. The zero-order chi connectivity index (χ0) is 24.1. The second-order valence-corrected chi connectivity index (χ2v) is 9.80. The molecule has 1 N–H and O–H groups in total. The monoisotopic (exact) mass is 475 g/mol. The summed E-state index contributed by atoms with van der Waals surface area (Å²) in [4.78, 5) is 16.4. The van der Waals surface area contributed by atoms with Crippen molar-refractivity contribution in [2.75, 3.05) is 18.0 Å². The fourth-order valence-electron chi connectivity index (χ4n) is 3.54. The van der Waals surface area contributed by atoms with Crippen LogP contribution < -0.4 is 14.4 Å². The quantitative estimate of drug-likeness (QED) is 0.410. The average Bonchev–Trinajstić information content (AvgIpc) is 2.87. The van der Waals surface area contributed by atoms with E-state index in [2.05, 4.69) is 10.3 Å². The molecule has 34 heavy (non-hydrogen) atoms. The van der Waals surface area contributed by atoms with Crippen molar-refractivity contribution >= 4 is 32.4 Å². The van der Waals surface area contributed by atoms with Crippen molar-refractivity contribution in [3.05, 3.63) is 96.8 Å². The first-order chi connectivity index (χ1) is 16.3. The molecule has 0 aliphatic heterocycles. The zero-order valence-corrected chi connectivity index (χ0v) is 19.7. The summed E-state index contributed by atoms with van der Waals surface area (Å²) in [5, 5.41) is 4.70. The Morgan fingerprint density at radius 2 is 1.65 bits per heavy atom. The standard InChI is InChI=1S/C26H25N3O4S/c1-19(20-13-15-27-16-14-20)28-26(30)18-33-24-10-8-23(9-11-24)29(2)34(31,32)25-12-7-21-5-3-4-6-22(21)17-25/h3-17,19H,18H2,1-2H3,(H,28,30)/t19-/m0/s1. The van der Waals surface area contributed by atoms with Crippen LogP contribution in [0.3, 0.4) is 0 Å². The number of pyridine rings is 1. The molecule has 0 saturated carbocycles. The lowest BCUT2D eigenvalue weighted by molar-refractivity contribution is -0.123. The SMILES string of the molecule is C[C@H](NC(=O)COc1ccc(N(C)S(=O)(=O)c2ccc3ccccc3c2)cc1)c1ccncc1. The molecule has 4 aromatic rings. The van der Waals surface area contributed by atoms with E-state index in [9.17, 15) is 13.2 Å². The summed E-state index contributed by atoms with van der Waals surface area (Å²) in [6.45, 7) is 1.73. The van der Waals surface area contributed by atoms with Crippen LogP contribution in [0.2, 0.25) is 0 Å². The van der Waals surface area contributed by atoms with E-state index in [1.54, 1.807) is 54.9 Å². The van der Waals surface area contributed by atoms with Crippen LogP contribution in [-0.2, 0) is 14.8 Å². The molecule has 0 aliphatic rings. The highest BCUT2D eigenvalue weighted by Gasteiger charge is 2.21. The Morgan fingerprint density at radius 3 is 2.35 bits per heavy atom. The van der Waals surface area contributed by atoms with Gasteiger partial charge in [-0.3, -0.25) is 14.1 Å². The lowest BCUT2D eigenvalue weighted by Crippen LogP contribution is -2.31. The van der Waals surface area contributed by atoms with Gasteiger partial charge in [-0.05, 0) is 71.8 Å². The first-order valence-electron chi connectivity index (χ1n) is 10.7. The largest absolute Gasteiger partial charge is 0.484 e. The van der Waals surface area contributed by atoms with E-state index in [0.717, 1.165) is 16.3 Å². The molecule has 3 aromatic carbocycles. The number of sulfonamides is 1. The topological polar surface area (TPSA) is 88.6 Å². The zero-order valence-electron chi connectivity index (χ0n) is 18.9. The third kappa shape index (κ3) is 5.18. The van der Waals surface area contributed by atoms with Gasteiger partial charge in [-0.15, -0.1) is 0 Å². The molecule has 0 radical (unpaired) electrons. The van der Waals surface area contributed by atoms with Gasteiger partial charge in [-0.25, -0.2) is 8.42 Å². The van der Waals surface area contributed by atoms with E-state index in [-0.39, 0.29) is 23.5 Å². The number of ether oxygens (including phenoxy) is 1. The van der Waals surface area contributed by atoms with Crippen molar-refractivity contribution in [3.8, 4) is 5.75 Å². The predicted molar refractivity (Wildman–Crippen MR) is 132 cm³/mol. The van der Waals surface area contributed by atoms with Gasteiger partial charge in [0.25, 0.3) is 15.9 Å². The minimum atomic E-state index is -3.74. The number of fused-ring (bicyclic) bond motifs is 1. The number of hydrogen-bond acceptors (Lipinski definition) is 5. The summed E-state index contributed by atoms with van der Waals surface area (Å²) in [5.41, 5.74) is 1.43. The Bertz CT molecular complexity index is 1390. The van der Waals surface area contributed by atoms with E-state index in [1.165, 1.54) is 11.4 Å². The van der Waals surface area contributed by atoms with Crippen molar-refractivity contribution in [1.82, 2.24) is 10.3 Å². The molecule has 1 amide bonds. The molecule has 0 saturated heterocycles. The maximum Gasteiger partial charge on any atom is 0.264 e. The number of rotatable bonds is 8. The van der Waals surface area contributed by atoms with Crippen molar-refractivity contribution in [2.45, 2.75) is 17.9 Å². The molecule has 174 valence electrons. The molecule has 0 fully saturated rings. The number of carbonyl (C=O) groups is 1. The van der Waals surface area contributed by atoms with Gasteiger partial charge in [0.1, 0.15) is 5.75 Å².